The van der Waals surface area contributed by atoms with E-state index in [1.54, 1.807) is 0 Å². The van der Waals surface area contributed by atoms with Crippen LogP contribution in [0.2, 0.25) is 0 Å². The number of nitrogens with zero attached hydrogens (tertiary/aromatic N) is 3. The molecule has 0 N–H and O–H groups in total. The molecule has 268 valence electrons. The number of benzene rings is 7. The van der Waals surface area contributed by atoms with E-state index in [1.165, 1.54) is 82.6 Å². The summed E-state index contributed by atoms with van der Waals surface area (Å²) in [5.41, 5.74) is 17.1. The summed E-state index contributed by atoms with van der Waals surface area (Å²) in [6.45, 7) is 0. The molecule has 2 aliphatic rings. The van der Waals surface area contributed by atoms with Crippen molar-refractivity contribution in [3.8, 4) is 33.6 Å². The first-order valence-electron chi connectivity index (χ1n) is 19.9. The van der Waals surface area contributed by atoms with Crippen LogP contribution in [0.4, 0.5) is 0 Å². The monoisotopic (exact) mass is 727 g/mol. The molecule has 12 rings (SSSR count). The third-order valence-electron chi connectivity index (χ3n) is 12.5. The van der Waals surface area contributed by atoms with Crippen molar-refractivity contribution in [1.82, 2.24) is 14.1 Å². The molecule has 10 aromatic rings. The van der Waals surface area contributed by atoms with Gasteiger partial charge in [0.2, 0.25) is 0 Å². The average molecular weight is 728 g/mol. The summed E-state index contributed by atoms with van der Waals surface area (Å²) in [7, 11) is 0. The highest BCUT2D eigenvalue weighted by molar-refractivity contribution is 6.12. The summed E-state index contributed by atoms with van der Waals surface area (Å²) in [6, 6.07) is 62.8. The van der Waals surface area contributed by atoms with Gasteiger partial charge in [-0.2, -0.15) is 0 Å². The van der Waals surface area contributed by atoms with E-state index in [-0.39, 0.29) is 0 Å². The van der Waals surface area contributed by atoms with Crippen molar-refractivity contribution in [1.29, 1.82) is 0 Å². The Bertz CT molecular complexity index is 3220. The van der Waals surface area contributed by atoms with Gasteiger partial charge in [-0.25, -0.2) is 0 Å². The lowest BCUT2D eigenvalue weighted by atomic mass is 9.66. The molecule has 0 fully saturated rings. The van der Waals surface area contributed by atoms with Gasteiger partial charge in [0, 0.05) is 45.3 Å². The number of allylic oxidation sites excluding steroid dienone is 4. The van der Waals surface area contributed by atoms with E-state index in [9.17, 15) is 0 Å². The number of pyridine rings is 1. The molecule has 0 spiro atoms. The van der Waals surface area contributed by atoms with Gasteiger partial charge in [-0.15, -0.1) is 0 Å². The van der Waals surface area contributed by atoms with Crippen LogP contribution < -0.4 is 0 Å². The fraction of sp³-hybridized carbons (Fsp3) is 0.0556. The molecule has 1 unspecified atom stereocenters. The molecule has 3 heterocycles. The second-order valence-electron chi connectivity index (χ2n) is 15.4. The molecule has 3 heteroatoms. The molecule has 0 radical (unpaired) electrons. The van der Waals surface area contributed by atoms with Gasteiger partial charge in [-0.1, -0.05) is 133 Å². The number of hydrogen-bond donors (Lipinski definition) is 0. The lowest BCUT2D eigenvalue weighted by molar-refractivity contribution is 0.752. The zero-order valence-corrected chi connectivity index (χ0v) is 31.3. The van der Waals surface area contributed by atoms with E-state index < -0.39 is 5.41 Å². The first-order chi connectivity index (χ1) is 28.3. The normalized spacial score (nSPS) is 16.0. The van der Waals surface area contributed by atoms with E-state index >= 15 is 0 Å². The summed E-state index contributed by atoms with van der Waals surface area (Å²) in [5.74, 6) is 0. The van der Waals surface area contributed by atoms with Crippen LogP contribution in [0.1, 0.15) is 29.5 Å². The largest absolute Gasteiger partial charge is 0.309 e. The Kier molecular flexibility index (Phi) is 6.97. The summed E-state index contributed by atoms with van der Waals surface area (Å²) in [5, 5.41) is 4.93. The number of hydrogen-bond acceptors (Lipinski definition) is 1. The van der Waals surface area contributed by atoms with Crippen molar-refractivity contribution >= 4 is 43.6 Å². The van der Waals surface area contributed by atoms with E-state index in [2.05, 4.69) is 202 Å². The van der Waals surface area contributed by atoms with Crippen LogP contribution in [0.5, 0.6) is 0 Å². The molecule has 2 aliphatic carbocycles. The standard InChI is InChI=1S/C54H37N3/c1-3-13-38(14-4-1)54(39-15-5-2-6-16-39)48-20-10-7-17-42(48)45-34-53-46(33-49(45)54)43-18-8-11-21-50(43)57(53)41-29-25-37(26-30-41)36-23-27-40(28-24-36)56-51-22-12-9-19-44(51)47-35-55-32-31-52(47)56/h1,3-5,7-35H,2,6H2. The highest BCUT2D eigenvalue weighted by atomic mass is 15.0. The topological polar surface area (TPSA) is 22.8 Å². The van der Waals surface area contributed by atoms with Gasteiger partial charge in [-0.3, -0.25) is 4.98 Å². The van der Waals surface area contributed by atoms with Crippen molar-refractivity contribution in [2.45, 2.75) is 18.3 Å². The maximum Gasteiger partial charge on any atom is 0.0710 e. The lowest BCUT2D eigenvalue weighted by Crippen LogP contribution is -2.29. The Morgan fingerprint density at radius 3 is 1.77 bits per heavy atom. The van der Waals surface area contributed by atoms with Crippen molar-refractivity contribution < 1.29 is 0 Å². The van der Waals surface area contributed by atoms with Gasteiger partial charge in [-0.05, 0) is 112 Å². The fourth-order valence-corrected chi connectivity index (χ4v) is 10.1. The summed E-state index contributed by atoms with van der Waals surface area (Å²) >= 11 is 0. The van der Waals surface area contributed by atoms with Crippen LogP contribution in [-0.4, -0.2) is 14.1 Å². The Hall–Kier alpha value is -7.23. The minimum Gasteiger partial charge on any atom is -0.309 e. The zero-order chi connectivity index (χ0) is 37.5. The molecular formula is C54H37N3. The van der Waals surface area contributed by atoms with Crippen molar-refractivity contribution in [3.05, 3.63) is 223 Å². The molecule has 0 aliphatic heterocycles. The smallest absolute Gasteiger partial charge is 0.0710 e. The molecule has 3 aromatic heterocycles. The number of para-hydroxylation sites is 2. The van der Waals surface area contributed by atoms with Gasteiger partial charge in [0.15, 0.2) is 0 Å². The first-order valence-corrected chi connectivity index (χ1v) is 19.9. The van der Waals surface area contributed by atoms with E-state index in [0.717, 1.165) is 29.7 Å². The minimum atomic E-state index is -0.391. The van der Waals surface area contributed by atoms with Crippen LogP contribution in [0.3, 0.4) is 0 Å². The Balaban J connectivity index is 0.997. The molecule has 1 atom stereocenters. The van der Waals surface area contributed by atoms with Gasteiger partial charge >= 0.3 is 0 Å². The summed E-state index contributed by atoms with van der Waals surface area (Å²) < 4.78 is 4.79. The Morgan fingerprint density at radius 1 is 0.456 bits per heavy atom. The van der Waals surface area contributed by atoms with Gasteiger partial charge in [0.05, 0.1) is 27.5 Å². The zero-order valence-electron chi connectivity index (χ0n) is 31.3. The first kappa shape index (κ1) is 32.1. The predicted molar refractivity (Wildman–Crippen MR) is 237 cm³/mol. The van der Waals surface area contributed by atoms with Crippen LogP contribution in [-0.2, 0) is 5.41 Å². The number of rotatable bonds is 5. The highest BCUT2D eigenvalue weighted by Gasteiger charge is 2.47. The van der Waals surface area contributed by atoms with Gasteiger partial charge < -0.3 is 9.13 Å². The van der Waals surface area contributed by atoms with E-state index in [1.807, 2.05) is 12.4 Å². The van der Waals surface area contributed by atoms with Crippen LogP contribution in [0, 0.1) is 0 Å². The van der Waals surface area contributed by atoms with Crippen LogP contribution in [0.15, 0.2) is 206 Å². The predicted octanol–water partition coefficient (Wildman–Crippen LogP) is 13.5. The number of aromatic nitrogens is 3. The molecule has 0 bridgehead atoms. The van der Waals surface area contributed by atoms with Crippen molar-refractivity contribution in [3.63, 3.8) is 0 Å². The summed E-state index contributed by atoms with van der Waals surface area (Å²) in [4.78, 5) is 4.42. The van der Waals surface area contributed by atoms with Crippen LogP contribution in [0.25, 0.3) is 77.2 Å². The highest BCUT2D eigenvalue weighted by Crippen LogP contribution is 2.58. The SMILES string of the molecule is C1=CC(C2(c3ccccc3)c3ccccc3-c3cc4c(cc32)c2ccccc2n4-c2ccc(-c3ccc(-n4c5ccccc5c5cnccc54)cc3)cc2)=CCC1. The third-order valence-corrected chi connectivity index (χ3v) is 12.5. The van der Waals surface area contributed by atoms with Gasteiger partial charge in [0.25, 0.3) is 0 Å². The van der Waals surface area contributed by atoms with Crippen molar-refractivity contribution in [2.24, 2.45) is 0 Å². The van der Waals surface area contributed by atoms with E-state index in [0.29, 0.717) is 0 Å². The second-order valence-corrected chi connectivity index (χ2v) is 15.4. The van der Waals surface area contributed by atoms with Crippen LogP contribution >= 0.6 is 0 Å². The molecule has 57 heavy (non-hydrogen) atoms. The Morgan fingerprint density at radius 2 is 1.07 bits per heavy atom. The van der Waals surface area contributed by atoms with E-state index in [4.69, 9.17) is 0 Å². The second kappa shape index (κ2) is 12.4. The molecule has 0 saturated carbocycles. The molecule has 0 saturated heterocycles. The van der Waals surface area contributed by atoms with Crippen molar-refractivity contribution in [2.75, 3.05) is 0 Å². The quantitative estimate of drug-likeness (QED) is 0.173. The molecule has 7 aromatic carbocycles. The molecular weight excluding hydrogens is 691 g/mol. The maximum atomic E-state index is 4.42. The summed E-state index contributed by atoms with van der Waals surface area (Å²) in [6.07, 6.45) is 13.2. The minimum absolute atomic E-state index is 0.391. The average Bonchev–Trinajstić information content (AvgIpc) is 3.90. The lowest BCUT2D eigenvalue weighted by Gasteiger charge is -2.35. The third kappa shape index (κ3) is 4.57. The maximum absolute atomic E-state index is 4.42. The number of fused-ring (bicyclic) bond motifs is 9. The Labute approximate surface area is 331 Å². The molecule has 0 amide bonds. The molecule has 3 nitrogen and oxygen atoms in total. The fourth-order valence-electron chi connectivity index (χ4n) is 10.1. The van der Waals surface area contributed by atoms with Gasteiger partial charge in [0.1, 0.15) is 0 Å².